The Morgan fingerprint density at radius 1 is 0.913 bits per heavy atom. The van der Waals surface area contributed by atoms with E-state index in [1.165, 1.54) is 32.4 Å². The highest BCUT2D eigenvalue weighted by molar-refractivity contribution is 5.85. The van der Waals surface area contributed by atoms with Gasteiger partial charge in [0, 0.05) is 6.54 Å². The molecule has 1 aromatic carbocycles. The summed E-state index contributed by atoms with van der Waals surface area (Å²) in [6.07, 6.45) is 4.24. The number of nitrogens with zero attached hydrogens (tertiary/aromatic N) is 1. The average molecular weight is 344 g/mol. The van der Waals surface area contributed by atoms with Gasteiger partial charge in [-0.15, -0.1) is 12.4 Å². The highest BCUT2D eigenvalue weighted by Crippen LogP contribution is 2.18. The first kappa shape index (κ1) is 20.1. The lowest BCUT2D eigenvalue weighted by Crippen LogP contribution is -2.32. The van der Waals surface area contributed by atoms with Gasteiger partial charge in [-0.05, 0) is 64.0 Å². The summed E-state index contributed by atoms with van der Waals surface area (Å²) in [7, 11) is 0. The fourth-order valence-electron chi connectivity index (χ4n) is 2.58. The Kier molecular flexibility index (Phi) is 10.1. The molecular weight excluding hydrogens is 314 g/mol. The summed E-state index contributed by atoms with van der Waals surface area (Å²) < 4.78 is 16.9. The number of hydrogen-bond acceptors (Lipinski definition) is 4. The standard InChI is InChI=1S/C18H29NO3.ClH/c1-16(2)22-18-8-6-17(7-9-18)21-15-14-20-13-12-19-10-4-3-5-11-19;/h6-9,16H,3-5,10-15H2,1-2H3;1H. The van der Waals surface area contributed by atoms with E-state index in [0.717, 1.165) is 24.7 Å². The van der Waals surface area contributed by atoms with Crippen LogP contribution in [0.15, 0.2) is 24.3 Å². The first-order valence-electron chi connectivity index (χ1n) is 8.43. The van der Waals surface area contributed by atoms with Crippen molar-refractivity contribution in [3.63, 3.8) is 0 Å². The SMILES string of the molecule is CC(C)Oc1ccc(OCCOCCN2CCCCC2)cc1.Cl. The van der Waals surface area contributed by atoms with Gasteiger partial charge in [0.15, 0.2) is 0 Å². The number of ether oxygens (including phenoxy) is 3. The second kappa shape index (κ2) is 11.5. The van der Waals surface area contributed by atoms with Crippen molar-refractivity contribution in [3.8, 4) is 11.5 Å². The van der Waals surface area contributed by atoms with E-state index in [1.807, 2.05) is 38.1 Å². The molecule has 2 rings (SSSR count). The predicted octanol–water partition coefficient (Wildman–Crippen LogP) is 3.78. The van der Waals surface area contributed by atoms with Crippen LogP contribution in [0.2, 0.25) is 0 Å². The van der Waals surface area contributed by atoms with Crippen LogP contribution in [0.5, 0.6) is 11.5 Å². The monoisotopic (exact) mass is 343 g/mol. The highest BCUT2D eigenvalue weighted by Gasteiger charge is 2.08. The first-order chi connectivity index (χ1) is 10.7. The van der Waals surface area contributed by atoms with E-state index < -0.39 is 0 Å². The van der Waals surface area contributed by atoms with E-state index in [0.29, 0.717) is 13.2 Å². The number of likely N-dealkylation sites (tertiary alicyclic amines) is 1. The van der Waals surface area contributed by atoms with Crippen molar-refractivity contribution < 1.29 is 14.2 Å². The summed E-state index contributed by atoms with van der Waals surface area (Å²) in [5, 5.41) is 0. The Morgan fingerprint density at radius 2 is 1.57 bits per heavy atom. The summed E-state index contributed by atoms with van der Waals surface area (Å²) in [6, 6.07) is 7.75. The lowest BCUT2D eigenvalue weighted by Gasteiger charge is -2.26. The van der Waals surface area contributed by atoms with Crippen molar-refractivity contribution in [2.45, 2.75) is 39.2 Å². The van der Waals surface area contributed by atoms with Crippen LogP contribution in [0.4, 0.5) is 0 Å². The molecule has 0 unspecified atom stereocenters. The van der Waals surface area contributed by atoms with E-state index in [-0.39, 0.29) is 18.5 Å². The van der Waals surface area contributed by atoms with Crippen LogP contribution in [0.25, 0.3) is 0 Å². The molecule has 0 aromatic heterocycles. The Bertz CT molecular complexity index is 405. The van der Waals surface area contributed by atoms with Crippen molar-refractivity contribution in [2.75, 3.05) is 39.5 Å². The second-order valence-electron chi connectivity index (χ2n) is 6.00. The van der Waals surface area contributed by atoms with E-state index in [1.54, 1.807) is 0 Å². The third-order valence-electron chi connectivity index (χ3n) is 3.69. The maximum atomic E-state index is 5.66. The van der Waals surface area contributed by atoms with Crippen molar-refractivity contribution in [2.24, 2.45) is 0 Å². The third-order valence-corrected chi connectivity index (χ3v) is 3.69. The molecule has 1 heterocycles. The van der Waals surface area contributed by atoms with Gasteiger partial charge in [0.25, 0.3) is 0 Å². The van der Waals surface area contributed by atoms with Gasteiger partial charge in [0.2, 0.25) is 0 Å². The van der Waals surface area contributed by atoms with E-state index in [9.17, 15) is 0 Å². The molecule has 0 bridgehead atoms. The van der Waals surface area contributed by atoms with Crippen molar-refractivity contribution in [1.29, 1.82) is 0 Å². The van der Waals surface area contributed by atoms with Gasteiger partial charge >= 0.3 is 0 Å². The Labute approximate surface area is 146 Å². The number of hydrogen-bond donors (Lipinski definition) is 0. The molecule has 1 saturated heterocycles. The summed E-state index contributed by atoms with van der Waals surface area (Å²) in [5.74, 6) is 1.73. The van der Waals surface area contributed by atoms with Crippen molar-refractivity contribution in [3.05, 3.63) is 24.3 Å². The van der Waals surface area contributed by atoms with Gasteiger partial charge in [-0.3, -0.25) is 0 Å². The molecule has 4 nitrogen and oxygen atoms in total. The molecule has 0 spiro atoms. The van der Waals surface area contributed by atoms with Crippen LogP contribution < -0.4 is 9.47 Å². The van der Waals surface area contributed by atoms with Gasteiger partial charge in [0.1, 0.15) is 18.1 Å². The topological polar surface area (TPSA) is 30.9 Å². The third kappa shape index (κ3) is 8.45. The normalized spacial score (nSPS) is 15.3. The fourth-order valence-corrected chi connectivity index (χ4v) is 2.58. The Balaban J connectivity index is 0.00000264. The quantitative estimate of drug-likeness (QED) is 0.638. The van der Waals surface area contributed by atoms with Crippen molar-refractivity contribution in [1.82, 2.24) is 4.90 Å². The van der Waals surface area contributed by atoms with Gasteiger partial charge in [-0.2, -0.15) is 0 Å². The maximum absolute atomic E-state index is 5.66. The fraction of sp³-hybridized carbons (Fsp3) is 0.667. The zero-order valence-electron chi connectivity index (χ0n) is 14.3. The zero-order valence-corrected chi connectivity index (χ0v) is 15.1. The lowest BCUT2D eigenvalue weighted by atomic mass is 10.1. The highest BCUT2D eigenvalue weighted by atomic mass is 35.5. The molecule has 1 aromatic rings. The summed E-state index contributed by atoms with van der Waals surface area (Å²) in [6.45, 7) is 9.56. The molecule has 0 aliphatic carbocycles. The smallest absolute Gasteiger partial charge is 0.119 e. The molecule has 0 saturated carbocycles. The molecule has 0 N–H and O–H groups in total. The number of piperidine rings is 1. The van der Waals surface area contributed by atoms with Gasteiger partial charge < -0.3 is 19.1 Å². The lowest BCUT2D eigenvalue weighted by molar-refractivity contribution is 0.0750. The predicted molar refractivity (Wildman–Crippen MR) is 96.1 cm³/mol. The molecule has 0 amide bonds. The first-order valence-corrected chi connectivity index (χ1v) is 8.43. The minimum atomic E-state index is 0. The van der Waals surface area contributed by atoms with Gasteiger partial charge in [-0.1, -0.05) is 6.42 Å². The second-order valence-corrected chi connectivity index (χ2v) is 6.00. The van der Waals surface area contributed by atoms with Crippen LogP contribution in [-0.2, 0) is 4.74 Å². The number of rotatable bonds is 9. The largest absolute Gasteiger partial charge is 0.491 e. The molecule has 23 heavy (non-hydrogen) atoms. The summed E-state index contributed by atoms with van der Waals surface area (Å²) in [5.41, 5.74) is 0. The molecule has 5 heteroatoms. The molecule has 1 aliphatic rings. The summed E-state index contributed by atoms with van der Waals surface area (Å²) >= 11 is 0. The van der Waals surface area contributed by atoms with Gasteiger partial charge in [-0.25, -0.2) is 0 Å². The molecule has 1 fully saturated rings. The molecule has 0 radical (unpaired) electrons. The molecule has 1 aliphatic heterocycles. The van der Waals surface area contributed by atoms with Crippen LogP contribution in [0.1, 0.15) is 33.1 Å². The van der Waals surface area contributed by atoms with E-state index in [4.69, 9.17) is 14.2 Å². The van der Waals surface area contributed by atoms with E-state index >= 15 is 0 Å². The van der Waals surface area contributed by atoms with Gasteiger partial charge in [0.05, 0.1) is 19.3 Å². The number of benzene rings is 1. The Hall–Kier alpha value is -0.970. The van der Waals surface area contributed by atoms with E-state index in [2.05, 4.69) is 4.90 Å². The maximum Gasteiger partial charge on any atom is 0.119 e. The van der Waals surface area contributed by atoms with Crippen LogP contribution >= 0.6 is 12.4 Å². The van der Waals surface area contributed by atoms with Crippen molar-refractivity contribution >= 4 is 12.4 Å². The molecule has 0 atom stereocenters. The Morgan fingerprint density at radius 3 is 2.22 bits per heavy atom. The zero-order chi connectivity index (χ0) is 15.6. The average Bonchev–Trinajstić information content (AvgIpc) is 2.53. The van der Waals surface area contributed by atoms with Crippen LogP contribution in [-0.4, -0.2) is 50.5 Å². The molecular formula is C18H30ClNO3. The number of halogens is 1. The molecule has 132 valence electrons. The minimum Gasteiger partial charge on any atom is -0.491 e. The summed E-state index contributed by atoms with van der Waals surface area (Å²) in [4.78, 5) is 2.48. The minimum absolute atomic E-state index is 0. The van der Waals surface area contributed by atoms with Crippen LogP contribution in [0, 0.1) is 0 Å². The van der Waals surface area contributed by atoms with Crippen LogP contribution in [0.3, 0.4) is 0 Å².